The molecule has 1 heterocycles. The maximum atomic E-state index is 13.9. The first-order valence-corrected chi connectivity index (χ1v) is 10.3. The van der Waals surface area contributed by atoms with Crippen LogP contribution in [0, 0.1) is 13.8 Å². The van der Waals surface area contributed by atoms with Crippen LogP contribution in [-0.4, -0.2) is 23.4 Å². The summed E-state index contributed by atoms with van der Waals surface area (Å²) in [5.74, 6) is -0.825. The third-order valence-electron chi connectivity index (χ3n) is 5.73. The number of benzene rings is 3. The summed E-state index contributed by atoms with van der Waals surface area (Å²) in [7, 11) is 1.27. The Morgan fingerprint density at radius 1 is 0.875 bits per heavy atom. The molecule has 4 aromatic rings. The average Bonchev–Trinajstić information content (AvgIpc) is 2.79. The number of pyridine rings is 1. The van der Waals surface area contributed by atoms with Crippen molar-refractivity contribution < 1.29 is 14.3 Å². The van der Waals surface area contributed by atoms with E-state index in [2.05, 4.69) is 0 Å². The van der Waals surface area contributed by atoms with Crippen molar-refractivity contribution in [2.75, 3.05) is 7.11 Å². The number of esters is 1. The molecule has 0 atom stereocenters. The molecule has 0 aliphatic carbocycles. The SMILES string of the molecule is COC(=O)c1c(C)c(C(C)=O)c(-c2ccccc2)c2cc(C)n(-c3ccccc3)c(=O)c12. The molecule has 0 saturated heterocycles. The first kappa shape index (κ1) is 21.2. The summed E-state index contributed by atoms with van der Waals surface area (Å²) in [6.45, 7) is 5.01. The molecule has 0 aliphatic rings. The van der Waals surface area contributed by atoms with Gasteiger partial charge < -0.3 is 4.74 Å². The topological polar surface area (TPSA) is 65.4 Å². The number of aryl methyl sites for hydroxylation is 1. The van der Waals surface area contributed by atoms with Crippen LogP contribution < -0.4 is 5.56 Å². The zero-order valence-corrected chi connectivity index (χ0v) is 18.4. The van der Waals surface area contributed by atoms with E-state index in [4.69, 9.17) is 4.74 Å². The summed E-state index contributed by atoms with van der Waals surface area (Å²) in [5, 5.41) is 0.801. The predicted molar refractivity (Wildman–Crippen MR) is 126 cm³/mol. The molecule has 160 valence electrons. The van der Waals surface area contributed by atoms with Gasteiger partial charge in [0.2, 0.25) is 0 Å². The molecule has 0 amide bonds. The highest BCUT2D eigenvalue weighted by Crippen LogP contribution is 2.37. The van der Waals surface area contributed by atoms with E-state index < -0.39 is 5.97 Å². The van der Waals surface area contributed by atoms with Gasteiger partial charge in [-0.3, -0.25) is 14.2 Å². The van der Waals surface area contributed by atoms with Gasteiger partial charge in [-0.25, -0.2) is 4.79 Å². The molecule has 0 aliphatic heterocycles. The van der Waals surface area contributed by atoms with Gasteiger partial charge in [0, 0.05) is 22.5 Å². The Kier molecular flexibility index (Phi) is 5.49. The van der Waals surface area contributed by atoms with Crippen LogP contribution in [-0.2, 0) is 4.74 Å². The second kappa shape index (κ2) is 8.27. The van der Waals surface area contributed by atoms with Crippen molar-refractivity contribution in [3.05, 3.63) is 99.5 Å². The summed E-state index contributed by atoms with van der Waals surface area (Å²) < 4.78 is 6.62. The zero-order chi connectivity index (χ0) is 23.0. The number of fused-ring (bicyclic) bond motifs is 1. The van der Waals surface area contributed by atoms with E-state index in [1.807, 2.05) is 73.7 Å². The Bertz CT molecular complexity index is 1420. The van der Waals surface area contributed by atoms with E-state index >= 15 is 0 Å². The van der Waals surface area contributed by atoms with E-state index in [0.29, 0.717) is 33.5 Å². The highest BCUT2D eigenvalue weighted by molar-refractivity contribution is 6.17. The summed E-state index contributed by atoms with van der Waals surface area (Å²) in [6, 6.07) is 20.6. The molecule has 0 fully saturated rings. The van der Waals surface area contributed by atoms with Crippen molar-refractivity contribution in [3.8, 4) is 16.8 Å². The summed E-state index contributed by atoms with van der Waals surface area (Å²) in [5.41, 5.74) is 3.50. The average molecular weight is 425 g/mol. The maximum absolute atomic E-state index is 13.9. The van der Waals surface area contributed by atoms with Crippen LogP contribution in [0.15, 0.2) is 71.5 Å². The Labute approximate surface area is 185 Å². The number of ketones is 1. The number of Topliss-reactive ketones (excluding diaryl/α,β-unsaturated/α-hetero) is 1. The third kappa shape index (κ3) is 3.32. The molecular formula is C27H23NO4. The number of carbonyl (C=O) groups is 2. The molecule has 0 bridgehead atoms. The van der Waals surface area contributed by atoms with Gasteiger partial charge in [-0.05, 0) is 55.5 Å². The van der Waals surface area contributed by atoms with Crippen molar-refractivity contribution in [3.63, 3.8) is 0 Å². The number of hydrogen-bond donors (Lipinski definition) is 0. The fourth-order valence-corrected chi connectivity index (χ4v) is 4.41. The van der Waals surface area contributed by atoms with Gasteiger partial charge in [0.15, 0.2) is 5.78 Å². The lowest BCUT2D eigenvalue weighted by atomic mass is 9.85. The molecule has 0 unspecified atom stereocenters. The minimum absolute atomic E-state index is 0.127. The van der Waals surface area contributed by atoms with Crippen LogP contribution in [0.2, 0.25) is 0 Å². The second-order valence-electron chi connectivity index (χ2n) is 7.71. The van der Waals surface area contributed by atoms with Crippen molar-refractivity contribution in [1.82, 2.24) is 4.57 Å². The number of ether oxygens (including phenoxy) is 1. The van der Waals surface area contributed by atoms with Crippen molar-refractivity contribution in [2.24, 2.45) is 0 Å². The normalized spacial score (nSPS) is 10.9. The maximum Gasteiger partial charge on any atom is 0.338 e. The fourth-order valence-electron chi connectivity index (χ4n) is 4.41. The minimum Gasteiger partial charge on any atom is -0.465 e. The number of carbonyl (C=O) groups excluding carboxylic acids is 2. The van der Waals surface area contributed by atoms with Gasteiger partial charge >= 0.3 is 5.97 Å². The highest BCUT2D eigenvalue weighted by Gasteiger charge is 2.27. The number of rotatable bonds is 4. The molecule has 5 heteroatoms. The standard InChI is InChI=1S/C27H23NO4/c1-16-15-21-24(19-11-7-5-8-12-19)22(18(3)29)17(2)23(27(31)32-4)25(21)26(30)28(16)20-13-9-6-10-14-20/h5-15H,1-4H3. The van der Waals surface area contributed by atoms with Gasteiger partial charge in [0.05, 0.1) is 18.1 Å². The van der Waals surface area contributed by atoms with E-state index in [1.54, 1.807) is 11.5 Å². The van der Waals surface area contributed by atoms with Gasteiger partial charge in [-0.1, -0.05) is 48.5 Å². The fraction of sp³-hybridized carbons (Fsp3) is 0.148. The van der Waals surface area contributed by atoms with Crippen LogP contribution in [0.5, 0.6) is 0 Å². The molecule has 0 saturated carbocycles. The molecular weight excluding hydrogens is 402 g/mol. The molecule has 3 aromatic carbocycles. The van der Waals surface area contributed by atoms with Gasteiger partial charge in [0.25, 0.3) is 5.56 Å². The number of aromatic nitrogens is 1. The zero-order valence-electron chi connectivity index (χ0n) is 18.4. The molecule has 0 N–H and O–H groups in total. The van der Waals surface area contributed by atoms with Gasteiger partial charge in [-0.15, -0.1) is 0 Å². The summed E-state index contributed by atoms with van der Waals surface area (Å²) in [6.07, 6.45) is 0. The lowest BCUT2D eigenvalue weighted by Gasteiger charge is -2.20. The Morgan fingerprint density at radius 3 is 2.03 bits per heavy atom. The number of hydrogen-bond acceptors (Lipinski definition) is 4. The molecule has 0 spiro atoms. The molecule has 5 nitrogen and oxygen atoms in total. The predicted octanol–water partition coefficient (Wildman–Crippen LogP) is 5.26. The number of methoxy groups -OCH3 is 1. The van der Waals surface area contributed by atoms with E-state index in [-0.39, 0.29) is 22.3 Å². The molecule has 4 rings (SSSR count). The Balaban J connectivity index is 2.30. The number of nitrogens with zero attached hydrogens (tertiary/aromatic N) is 1. The van der Waals surface area contributed by atoms with Gasteiger partial charge in [0.1, 0.15) is 0 Å². The third-order valence-corrected chi connectivity index (χ3v) is 5.73. The summed E-state index contributed by atoms with van der Waals surface area (Å²) >= 11 is 0. The molecule has 32 heavy (non-hydrogen) atoms. The second-order valence-corrected chi connectivity index (χ2v) is 7.71. The first-order chi connectivity index (χ1) is 15.4. The summed E-state index contributed by atoms with van der Waals surface area (Å²) in [4.78, 5) is 39.5. The van der Waals surface area contributed by atoms with Crippen LogP contribution in [0.25, 0.3) is 27.6 Å². The monoisotopic (exact) mass is 425 g/mol. The van der Waals surface area contributed by atoms with E-state index in [1.165, 1.54) is 14.0 Å². The van der Waals surface area contributed by atoms with E-state index in [0.717, 1.165) is 5.56 Å². The lowest BCUT2D eigenvalue weighted by molar-refractivity contribution is 0.0602. The minimum atomic E-state index is -0.643. The first-order valence-electron chi connectivity index (χ1n) is 10.3. The van der Waals surface area contributed by atoms with Crippen molar-refractivity contribution in [2.45, 2.75) is 20.8 Å². The lowest BCUT2D eigenvalue weighted by Crippen LogP contribution is -2.24. The van der Waals surface area contributed by atoms with Gasteiger partial charge in [-0.2, -0.15) is 0 Å². The smallest absolute Gasteiger partial charge is 0.338 e. The number of para-hydroxylation sites is 1. The Hall–Kier alpha value is -3.99. The molecule has 0 radical (unpaired) electrons. The highest BCUT2D eigenvalue weighted by atomic mass is 16.5. The molecule has 1 aromatic heterocycles. The van der Waals surface area contributed by atoms with Crippen LogP contribution in [0.1, 0.15) is 38.9 Å². The van der Waals surface area contributed by atoms with Crippen LogP contribution in [0.3, 0.4) is 0 Å². The van der Waals surface area contributed by atoms with E-state index in [9.17, 15) is 14.4 Å². The van der Waals surface area contributed by atoms with Crippen molar-refractivity contribution >= 4 is 22.5 Å². The van der Waals surface area contributed by atoms with Crippen LogP contribution in [0.4, 0.5) is 0 Å². The largest absolute Gasteiger partial charge is 0.465 e. The van der Waals surface area contributed by atoms with Crippen molar-refractivity contribution in [1.29, 1.82) is 0 Å². The quantitative estimate of drug-likeness (QED) is 0.330. The van der Waals surface area contributed by atoms with Crippen LogP contribution >= 0.6 is 0 Å². The Morgan fingerprint density at radius 2 is 1.47 bits per heavy atom.